The van der Waals surface area contributed by atoms with Crippen LogP contribution in [0.2, 0.25) is 0 Å². The minimum Gasteiger partial charge on any atom is -0.347 e. The van der Waals surface area contributed by atoms with Crippen molar-refractivity contribution in [3.63, 3.8) is 0 Å². The first kappa shape index (κ1) is 13.1. The van der Waals surface area contributed by atoms with E-state index in [9.17, 15) is 4.79 Å². The summed E-state index contributed by atoms with van der Waals surface area (Å²) in [6.07, 6.45) is 5.70. The Kier molecular flexibility index (Phi) is 3.71. The van der Waals surface area contributed by atoms with E-state index in [4.69, 9.17) is 0 Å². The first-order valence-corrected chi connectivity index (χ1v) is 6.47. The van der Waals surface area contributed by atoms with Gasteiger partial charge in [0.05, 0.1) is 12.6 Å². The quantitative estimate of drug-likeness (QED) is 0.846. The van der Waals surface area contributed by atoms with Crippen LogP contribution < -0.4 is 5.32 Å². The fourth-order valence-electron chi connectivity index (χ4n) is 2.54. The van der Waals surface area contributed by atoms with Gasteiger partial charge in [-0.1, -0.05) is 13.8 Å². The molecule has 0 saturated carbocycles. The molecule has 1 unspecified atom stereocenters. The number of carbonyl (C=O) groups is 1. The molecule has 0 aliphatic carbocycles. The van der Waals surface area contributed by atoms with Gasteiger partial charge in [-0.3, -0.25) is 4.79 Å². The Morgan fingerprint density at radius 3 is 3.00 bits per heavy atom. The van der Waals surface area contributed by atoms with Gasteiger partial charge in [-0.2, -0.15) is 0 Å². The predicted molar refractivity (Wildman–Crippen MR) is 69.9 cm³/mol. The van der Waals surface area contributed by atoms with Gasteiger partial charge in [0, 0.05) is 19.4 Å². The lowest BCUT2D eigenvalue weighted by Gasteiger charge is -2.39. The van der Waals surface area contributed by atoms with Crippen molar-refractivity contribution in [3.05, 3.63) is 18.2 Å². The van der Waals surface area contributed by atoms with E-state index in [1.807, 2.05) is 7.05 Å². The van der Waals surface area contributed by atoms with Crippen LogP contribution >= 0.6 is 0 Å². The number of rotatable bonds is 3. The van der Waals surface area contributed by atoms with Gasteiger partial charge in [0.15, 0.2) is 0 Å². The van der Waals surface area contributed by atoms with Gasteiger partial charge in [0.1, 0.15) is 5.82 Å². The highest BCUT2D eigenvalue weighted by molar-refractivity contribution is 5.82. The minimum atomic E-state index is -0.0915. The summed E-state index contributed by atoms with van der Waals surface area (Å²) in [5.74, 6) is 0.968. The van der Waals surface area contributed by atoms with E-state index in [0.29, 0.717) is 6.54 Å². The first-order valence-electron chi connectivity index (χ1n) is 6.47. The van der Waals surface area contributed by atoms with Crippen LogP contribution in [0.4, 0.5) is 0 Å². The Morgan fingerprint density at radius 2 is 2.39 bits per heavy atom. The molecule has 0 radical (unpaired) electrons. The second-order valence-electron chi connectivity index (χ2n) is 5.71. The minimum absolute atomic E-state index is 0.0206. The van der Waals surface area contributed by atoms with Crippen LogP contribution in [0.3, 0.4) is 0 Å². The number of H-pyrrole nitrogens is 1. The van der Waals surface area contributed by atoms with E-state index in [2.05, 4.69) is 29.1 Å². The number of aromatic nitrogens is 2. The third-order valence-electron chi connectivity index (χ3n) is 3.69. The van der Waals surface area contributed by atoms with E-state index >= 15 is 0 Å². The van der Waals surface area contributed by atoms with Crippen molar-refractivity contribution in [1.29, 1.82) is 0 Å². The zero-order valence-electron chi connectivity index (χ0n) is 11.4. The third-order valence-corrected chi connectivity index (χ3v) is 3.69. The highest BCUT2D eigenvalue weighted by atomic mass is 16.2. The summed E-state index contributed by atoms with van der Waals surface area (Å²) in [7, 11) is 1.83. The molecule has 1 amide bonds. The van der Waals surface area contributed by atoms with Crippen molar-refractivity contribution in [2.75, 3.05) is 13.6 Å². The molecule has 1 saturated heterocycles. The van der Waals surface area contributed by atoms with Gasteiger partial charge in [-0.05, 0) is 24.8 Å². The molecule has 2 N–H and O–H groups in total. The molecule has 0 bridgehead atoms. The Labute approximate surface area is 108 Å². The fourth-order valence-corrected chi connectivity index (χ4v) is 2.54. The number of hydrogen-bond acceptors (Lipinski definition) is 3. The summed E-state index contributed by atoms with van der Waals surface area (Å²) >= 11 is 0. The van der Waals surface area contributed by atoms with E-state index in [0.717, 1.165) is 25.2 Å². The molecule has 0 spiro atoms. The Balaban J connectivity index is 2.01. The standard InChI is InChI=1S/C13H22N4O/c1-13(2)5-4-6-16-11(13)12(18)17(3)9-10-14-7-8-15-10/h7-8,11,16H,4-6,9H2,1-3H3,(H,14,15). The summed E-state index contributed by atoms with van der Waals surface area (Å²) in [6, 6.07) is -0.0915. The van der Waals surface area contributed by atoms with Gasteiger partial charge >= 0.3 is 0 Å². The van der Waals surface area contributed by atoms with Crippen LogP contribution in [0.15, 0.2) is 12.4 Å². The van der Waals surface area contributed by atoms with E-state index in [1.165, 1.54) is 0 Å². The predicted octanol–water partition coefficient (Wildman–Crippen LogP) is 1.15. The zero-order valence-corrected chi connectivity index (χ0v) is 11.4. The number of likely N-dealkylation sites (N-methyl/N-ethyl adjacent to an activating group) is 1. The number of carbonyl (C=O) groups excluding carboxylic acids is 1. The Morgan fingerprint density at radius 1 is 1.61 bits per heavy atom. The van der Waals surface area contributed by atoms with Crippen LogP contribution in [0.5, 0.6) is 0 Å². The molecule has 5 nitrogen and oxygen atoms in total. The van der Waals surface area contributed by atoms with Gasteiger partial charge in [-0.25, -0.2) is 4.98 Å². The normalized spacial score (nSPS) is 22.7. The van der Waals surface area contributed by atoms with E-state index < -0.39 is 0 Å². The summed E-state index contributed by atoms with van der Waals surface area (Å²) in [4.78, 5) is 21.4. The van der Waals surface area contributed by atoms with E-state index in [-0.39, 0.29) is 17.4 Å². The highest BCUT2D eigenvalue weighted by Gasteiger charge is 2.38. The monoisotopic (exact) mass is 250 g/mol. The topological polar surface area (TPSA) is 61.0 Å². The molecule has 0 aromatic carbocycles. The number of nitrogens with zero attached hydrogens (tertiary/aromatic N) is 2. The van der Waals surface area contributed by atoms with Crippen molar-refractivity contribution in [2.24, 2.45) is 5.41 Å². The Bertz CT molecular complexity index is 399. The van der Waals surface area contributed by atoms with Crippen molar-refractivity contribution in [1.82, 2.24) is 20.2 Å². The van der Waals surface area contributed by atoms with Crippen LogP contribution in [0.25, 0.3) is 0 Å². The average molecular weight is 250 g/mol. The summed E-state index contributed by atoms with van der Waals surface area (Å²) in [5.41, 5.74) is 0.0206. The van der Waals surface area contributed by atoms with Gasteiger partial charge in [0.25, 0.3) is 0 Å². The summed E-state index contributed by atoms with van der Waals surface area (Å²) in [5, 5.41) is 3.35. The smallest absolute Gasteiger partial charge is 0.240 e. The van der Waals surface area contributed by atoms with Gasteiger partial charge < -0.3 is 15.2 Å². The van der Waals surface area contributed by atoms with Crippen molar-refractivity contribution >= 4 is 5.91 Å². The van der Waals surface area contributed by atoms with Crippen molar-refractivity contribution < 1.29 is 4.79 Å². The molecule has 1 aromatic heterocycles. The number of hydrogen-bond donors (Lipinski definition) is 2. The fraction of sp³-hybridized carbons (Fsp3) is 0.692. The molecule has 100 valence electrons. The first-order chi connectivity index (χ1) is 8.50. The molecule has 18 heavy (non-hydrogen) atoms. The van der Waals surface area contributed by atoms with Gasteiger partial charge in [-0.15, -0.1) is 0 Å². The molecule has 1 aromatic rings. The molecule has 2 heterocycles. The lowest BCUT2D eigenvalue weighted by molar-refractivity contribution is -0.136. The molecule has 1 fully saturated rings. The van der Waals surface area contributed by atoms with E-state index in [1.54, 1.807) is 17.3 Å². The Hall–Kier alpha value is -1.36. The average Bonchev–Trinajstić information content (AvgIpc) is 2.80. The highest BCUT2D eigenvalue weighted by Crippen LogP contribution is 2.31. The molecule has 2 rings (SSSR count). The molecule has 1 aliphatic rings. The van der Waals surface area contributed by atoms with Crippen LogP contribution in [-0.4, -0.2) is 40.4 Å². The molecule has 1 atom stereocenters. The number of amides is 1. The second-order valence-corrected chi connectivity index (χ2v) is 5.71. The van der Waals surface area contributed by atoms with Gasteiger partial charge in [0.2, 0.25) is 5.91 Å². The second kappa shape index (κ2) is 5.10. The third kappa shape index (κ3) is 2.72. The lowest BCUT2D eigenvalue weighted by atomic mass is 9.77. The maximum absolute atomic E-state index is 12.5. The summed E-state index contributed by atoms with van der Waals surface area (Å²) < 4.78 is 0. The number of nitrogens with one attached hydrogen (secondary N) is 2. The van der Waals surface area contributed by atoms with Crippen LogP contribution in [0, 0.1) is 5.41 Å². The largest absolute Gasteiger partial charge is 0.347 e. The molecular formula is C13H22N4O. The SMILES string of the molecule is CN(Cc1ncc[nH]1)C(=O)C1NCCCC1(C)C. The van der Waals surface area contributed by atoms with Crippen molar-refractivity contribution in [3.8, 4) is 0 Å². The molecule has 5 heteroatoms. The number of aromatic amines is 1. The maximum Gasteiger partial charge on any atom is 0.240 e. The molecular weight excluding hydrogens is 228 g/mol. The zero-order chi connectivity index (χ0) is 13.2. The lowest BCUT2D eigenvalue weighted by Crippen LogP contribution is -2.55. The number of piperidine rings is 1. The molecule has 1 aliphatic heterocycles. The van der Waals surface area contributed by atoms with Crippen LogP contribution in [-0.2, 0) is 11.3 Å². The van der Waals surface area contributed by atoms with Crippen LogP contribution in [0.1, 0.15) is 32.5 Å². The van der Waals surface area contributed by atoms with Crippen molar-refractivity contribution in [2.45, 2.75) is 39.3 Å². The number of imidazole rings is 1. The maximum atomic E-state index is 12.5. The summed E-state index contributed by atoms with van der Waals surface area (Å²) in [6.45, 7) is 5.76.